The molecule has 4 rings (SSSR count). The Morgan fingerprint density at radius 2 is 0.913 bits per heavy atom. The Morgan fingerprint density at radius 3 is 1.15 bits per heavy atom. The molecule has 2 N–H and O–H groups in total. The Bertz CT molecular complexity index is 1220. The van der Waals surface area contributed by atoms with E-state index >= 15 is 0 Å². The van der Waals surface area contributed by atoms with Gasteiger partial charge >= 0.3 is 0 Å². The predicted octanol–water partition coefficient (Wildman–Crippen LogP) is 8.62. The molecule has 0 heterocycles. The normalized spacial score (nSPS) is 10.4. The standard InChI is InChI=1S/C24H38N4O2P2S2.2C5H5.2Fe/c1-5-31(29,6-2)25-23(33)27(19-21-13-9-10-14-21)17-18-28(20-22-15-11-12-16-22)24(34)26-32(30,7-3)8-4;2*1-2-4-5-3-1;;/h9-16H,5-8,17-20H2,1-4H3,(H,25,29,33)(H,26,30,34);2*1-5H;;/q-2;-5;-1;;. The van der Waals surface area contributed by atoms with Crippen molar-refractivity contribution in [2.45, 2.75) is 40.8 Å². The molecule has 0 unspecified atom stereocenters. The molecule has 6 nitrogen and oxygen atoms in total. The number of hydrogen-bond acceptors (Lipinski definition) is 4. The second-order valence-electron chi connectivity index (χ2n) is 10.2. The van der Waals surface area contributed by atoms with E-state index < -0.39 is 14.6 Å². The molecule has 0 aliphatic carbocycles. The van der Waals surface area contributed by atoms with Gasteiger partial charge in [0.05, 0.1) is 0 Å². The zero-order valence-electron chi connectivity index (χ0n) is 27.2. The molecule has 4 aromatic rings. The van der Waals surface area contributed by atoms with Gasteiger partial charge in [-0.1, -0.05) is 27.7 Å². The average Bonchev–Trinajstić information content (AvgIpc) is 3.88. The van der Waals surface area contributed by atoms with Gasteiger partial charge in [0.15, 0.2) is 24.8 Å². The van der Waals surface area contributed by atoms with Crippen LogP contribution in [0.15, 0.2) is 109 Å². The molecule has 0 saturated heterocycles. The Hall–Kier alpha value is -1.72. The fourth-order valence-electron chi connectivity index (χ4n) is 4.12. The molecule has 0 saturated carbocycles. The zero-order valence-corrected chi connectivity index (χ0v) is 32.8. The van der Waals surface area contributed by atoms with Crippen molar-refractivity contribution in [2.24, 2.45) is 0 Å². The summed E-state index contributed by atoms with van der Waals surface area (Å²) in [6.45, 7) is 10.1. The van der Waals surface area contributed by atoms with Crippen molar-refractivity contribution >= 4 is 49.2 Å². The number of rotatable bonds is 13. The third kappa shape index (κ3) is 16.9. The van der Waals surface area contributed by atoms with E-state index in [0.717, 1.165) is 11.1 Å². The minimum atomic E-state index is -2.55. The Kier molecular flexibility index (Phi) is 23.5. The summed E-state index contributed by atoms with van der Waals surface area (Å²) in [7, 11) is -5.10. The van der Waals surface area contributed by atoms with Crippen LogP contribution in [0, 0.1) is 0 Å². The first-order valence-corrected chi connectivity index (χ1v) is 20.2. The smallest absolute Gasteiger partial charge is 0.173 e. The molecule has 46 heavy (non-hydrogen) atoms. The third-order valence-electron chi connectivity index (χ3n) is 7.18. The molecule has 262 valence electrons. The van der Waals surface area contributed by atoms with Crippen LogP contribution in [0.5, 0.6) is 0 Å². The van der Waals surface area contributed by atoms with Crippen molar-refractivity contribution in [2.75, 3.05) is 37.7 Å². The first-order chi connectivity index (χ1) is 21.2. The molecule has 0 amide bonds. The molecule has 0 spiro atoms. The summed E-state index contributed by atoms with van der Waals surface area (Å²) >= 11 is 11.4. The van der Waals surface area contributed by atoms with Gasteiger partial charge in [-0.2, -0.15) is 42.5 Å². The summed E-state index contributed by atoms with van der Waals surface area (Å²) in [6, 6.07) is 36.2. The van der Waals surface area contributed by atoms with Gasteiger partial charge in [-0.05, 0) is 24.4 Å². The van der Waals surface area contributed by atoms with E-state index in [-0.39, 0.29) is 34.1 Å². The Morgan fingerprint density at radius 1 is 0.609 bits per heavy atom. The van der Waals surface area contributed by atoms with Crippen molar-refractivity contribution in [3.8, 4) is 0 Å². The molecule has 4 aromatic carbocycles. The minimum absolute atomic E-state index is 0. The summed E-state index contributed by atoms with van der Waals surface area (Å²) in [4.78, 5) is 4.09. The van der Waals surface area contributed by atoms with Crippen LogP contribution in [0.2, 0.25) is 0 Å². The monoisotopic (exact) mass is 782 g/mol. The zero-order chi connectivity index (χ0) is 32.3. The molecule has 0 aromatic heterocycles. The number of thiocarbonyl (C=S) groups is 2. The molecule has 0 aliphatic heterocycles. The first kappa shape index (κ1) is 44.3. The van der Waals surface area contributed by atoms with E-state index in [2.05, 4.69) is 34.4 Å². The van der Waals surface area contributed by atoms with Gasteiger partial charge in [0.1, 0.15) is 0 Å². The van der Waals surface area contributed by atoms with Gasteiger partial charge in [-0.3, -0.25) is 0 Å². The van der Waals surface area contributed by atoms with Gasteiger partial charge in [0.25, 0.3) is 0 Å². The van der Waals surface area contributed by atoms with Gasteiger partial charge < -0.3 is 59.4 Å². The van der Waals surface area contributed by atoms with Crippen LogP contribution < -0.4 is 10.2 Å². The third-order valence-corrected chi connectivity index (χ3v) is 13.5. The topological polar surface area (TPSA) is 64.7 Å². The summed E-state index contributed by atoms with van der Waals surface area (Å²) < 4.78 is 26.1. The SMILES string of the molecule is CCP(=O)(CC)NC(=S)N(CCN(C[c-]1cccc1)C(=S)NP(=O)(CC)CC)C[c-]1cccc1.[Fe].[Fe].[cH-]1[cH-][cH-][cH-][cH-]1.c1cc[cH-]c1. The molecule has 0 aliphatic rings. The van der Waals surface area contributed by atoms with Crippen molar-refractivity contribution in [3.63, 3.8) is 0 Å². The summed E-state index contributed by atoms with van der Waals surface area (Å²) in [5, 5.41) is 7.31. The van der Waals surface area contributed by atoms with E-state index in [0.29, 0.717) is 61.1 Å². The van der Waals surface area contributed by atoms with Gasteiger partial charge in [-0.25, -0.2) is 36.4 Å². The van der Waals surface area contributed by atoms with Crippen LogP contribution in [-0.2, 0) is 56.4 Å². The maximum atomic E-state index is 13.1. The van der Waals surface area contributed by atoms with Crippen LogP contribution in [-0.4, -0.2) is 57.8 Å². The second-order valence-corrected chi connectivity index (χ2v) is 17.5. The average molecular weight is 783 g/mol. The second kappa shape index (κ2) is 24.4. The van der Waals surface area contributed by atoms with Crippen LogP contribution >= 0.6 is 39.0 Å². The van der Waals surface area contributed by atoms with E-state index in [1.807, 2.05) is 122 Å². The van der Waals surface area contributed by atoms with Gasteiger partial charge in [0, 0.05) is 85.0 Å². The van der Waals surface area contributed by atoms with E-state index in [9.17, 15) is 9.13 Å². The molecule has 0 atom stereocenters. The minimum Gasteiger partial charge on any atom is -0.748 e. The first-order valence-electron chi connectivity index (χ1n) is 15.2. The van der Waals surface area contributed by atoms with Crippen molar-refractivity contribution in [1.29, 1.82) is 0 Å². The van der Waals surface area contributed by atoms with Crippen molar-refractivity contribution in [1.82, 2.24) is 20.0 Å². The van der Waals surface area contributed by atoms with Gasteiger partial charge in [0.2, 0.25) is 0 Å². The number of nitrogens with one attached hydrogen (secondary N) is 2. The van der Waals surface area contributed by atoms with E-state index in [1.54, 1.807) is 0 Å². The molecular weight excluding hydrogens is 734 g/mol. The van der Waals surface area contributed by atoms with E-state index in [4.69, 9.17) is 24.4 Å². The fourth-order valence-corrected chi connectivity index (χ4v) is 7.94. The summed E-state index contributed by atoms with van der Waals surface area (Å²) in [5.74, 6) is 0. The fraction of sp³-hybridized carbons (Fsp3) is 0.353. The summed E-state index contributed by atoms with van der Waals surface area (Å²) in [6.07, 6.45) is 2.20. The van der Waals surface area contributed by atoms with E-state index in [1.165, 1.54) is 0 Å². The van der Waals surface area contributed by atoms with Crippen LogP contribution in [0.25, 0.3) is 0 Å². The maximum absolute atomic E-state index is 13.1. The number of hydrogen-bond donors (Lipinski definition) is 2. The van der Waals surface area contributed by atoms with Gasteiger partial charge in [-0.15, -0.1) is 11.1 Å². The molecule has 0 radical (unpaired) electrons. The van der Waals surface area contributed by atoms with Crippen LogP contribution in [0.3, 0.4) is 0 Å². The molecule has 0 bridgehead atoms. The van der Waals surface area contributed by atoms with Crippen molar-refractivity contribution < 1.29 is 43.3 Å². The molecule has 0 fully saturated rings. The Balaban J connectivity index is 0.00000142. The van der Waals surface area contributed by atoms with Crippen molar-refractivity contribution in [3.05, 3.63) is 120 Å². The quantitative estimate of drug-likeness (QED) is 0.0606. The summed E-state index contributed by atoms with van der Waals surface area (Å²) in [5.41, 5.74) is 2.27. The number of nitrogens with zero attached hydrogens (tertiary/aromatic N) is 2. The Labute approximate surface area is 309 Å². The van der Waals surface area contributed by atoms with Crippen LogP contribution in [0.1, 0.15) is 38.8 Å². The van der Waals surface area contributed by atoms with Crippen LogP contribution in [0.4, 0.5) is 0 Å². The maximum Gasteiger partial charge on any atom is 0.173 e. The largest absolute Gasteiger partial charge is 0.748 e. The molecule has 12 heteroatoms. The predicted molar refractivity (Wildman–Crippen MR) is 198 cm³/mol. The molecular formula is C34H48Fe2N4O2P2S2-8.